The van der Waals surface area contributed by atoms with Crippen molar-refractivity contribution in [2.75, 3.05) is 7.11 Å². The number of rotatable bonds is 4. The average Bonchev–Trinajstić information content (AvgIpc) is 3.07. The third-order valence-electron chi connectivity index (χ3n) is 2.88. The Hall–Kier alpha value is -1.73. The summed E-state index contributed by atoms with van der Waals surface area (Å²) in [5.74, 6) is 1.18. The van der Waals surface area contributed by atoms with E-state index in [1.807, 2.05) is 16.9 Å². The summed E-state index contributed by atoms with van der Waals surface area (Å²) in [6, 6.07) is 0. The number of hydrogen-bond donors (Lipinski definition) is 0. The SMILES string of the molecule is COc1ncnc2c1nc(C(C)Cl)n2Cc1cscn1. The number of nitrogens with zero attached hydrogens (tertiary/aromatic N) is 5. The molecule has 3 aromatic rings. The van der Waals surface area contributed by atoms with Crippen LogP contribution in [0.15, 0.2) is 17.2 Å². The normalized spacial score (nSPS) is 12.8. The van der Waals surface area contributed by atoms with Gasteiger partial charge in [0.2, 0.25) is 5.88 Å². The summed E-state index contributed by atoms with van der Waals surface area (Å²) < 4.78 is 7.18. The van der Waals surface area contributed by atoms with Crippen molar-refractivity contribution in [3.8, 4) is 5.88 Å². The Morgan fingerprint density at radius 1 is 1.40 bits per heavy atom. The van der Waals surface area contributed by atoms with Gasteiger partial charge in [-0.3, -0.25) is 0 Å². The number of ether oxygens (including phenoxy) is 1. The summed E-state index contributed by atoms with van der Waals surface area (Å²) in [5.41, 5.74) is 4.07. The molecule has 104 valence electrons. The molecule has 0 bridgehead atoms. The number of thiazole rings is 1. The van der Waals surface area contributed by atoms with Crippen LogP contribution in [0.3, 0.4) is 0 Å². The van der Waals surface area contributed by atoms with E-state index in [0.717, 1.165) is 11.5 Å². The van der Waals surface area contributed by atoms with Gasteiger partial charge in [-0.25, -0.2) is 15.0 Å². The van der Waals surface area contributed by atoms with Crippen molar-refractivity contribution < 1.29 is 4.74 Å². The van der Waals surface area contributed by atoms with Crippen LogP contribution in [0.1, 0.15) is 23.8 Å². The van der Waals surface area contributed by atoms with E-state index in [1.165, 1.54) is 6.33 Å². The molecular formula is C12H12ClN5OS. The number of fused-ring (bicyclic) bond motifs is 1. The van der Waals surface area contributed by atoms with Gasteiger partial charge in [0.1, 0.15) is 12.2 Å². The van der Waals surface area contributed by atoms with Crippen molar-refractivity contribution in [2.45, 2.75) is 18.8 Å². The molecule has 0 spiro atoms. The largest absolute Gasteiger partial charge is 0.479 e. The van der Waals surface area contributed by atoms with E-state index in [1.54, 1.807) is 24.0 Å². The Morgan fingerprint density at radius 2 is 2.25 bits per heavy atom. The van der Waals surface area contributed by atoms with E-state index in [9.17, 15) is 0 Å². The maximum Gasteiger partial charge on any atom is 0.245 e. The molecule has 0 aliphatic rings. The highest BCUT2D eigenvalue weighted by Gasteiger charge is 2.19. The standard InChI is InChI=1S/C12H12ClN5OS/c1-7(13)10-17-9-11(14-5-15-12(9)19-2)18(10)3-8-4-20-6-16-8/h4-7H,3H2,1-2H3. The first-order valence-corrected chi connectivity index (χ1v) is 7.35. The van der Waals surface area contributed by atoms with Gasteiger partial charge in [0.05, 0.1) is 30.2 Å². The molecule has 0 radical (unpaired) electrons. The number of alkyl halides is 1. The maximum absolute atomic E-state index is 6.23. The lowest BCUT2D eigenvalue weighted by atomic mass is 10.4. The molecule has 1 atom stereocenters. The van der Waals surface area contributed by atoms with E-state index < -0.39 is 0 Å². The smallest absolute Gasteiger partial charge is 0.245 e. The van der Waals surface area contributed by atoms with E-state index in [-0.39, 0.29) is 5.38 Å². The monoisotopic (exact) mass is 309 g/mol. The van der Waals surface area contributed by atoms with Crippen LogP contribution in [0.2, 0.25) is 0 Å². The van der Waals surface area contributed by atoms with E-state index >= 15 is 0 Å². The molecule has 3 heterocycles. The van der Waals surface area contributed by atoms with Crippen LogP contribution in [0.25, 0.3) is 11.2 Å². The van der Waals surface area contributed by atoms with Crippen molar-refractivity contribution in [2.24, 2.45) is 0 Å². The molecule has 3 rings (SSSR count). The highest BCUT2D eigenvalue weighted by molar-refractivity contribution is 7.07. The molecule has 20 heavy (non-hydrogen) atoms. The summed E-state index contributed by atoms with van der Waals surface area (Å²) in [4.78, 5) is 17.2. The number of aromatic nitrogens is 5. The molecule has 0 fully saturated rings. The van der Waals surface area contributed by atoms with Crippen molar-refractivity contribution in [1.82, 2.24) is 24.5 Å². The van der Waals surface area contributed by atoms with Crippen LogP contribution in [0.4, 0.5) is 0 Å². The molecular weight excluding hydrogens is 298 g/mol. The molecule has 0 aliphatic heterocycles. The summed E-state index contributed by atoms with van der Waals surface area (Å²) in [7, 11) is 1.56. The molecule has 0 aromatic carbocycles. The van der Waals surface area contributed by atoms with Crippen LogP contribution in [-0.4, -0.2) is 31.6 Å². The van der Waals surface area contributed by atoms with Gasteiger partial charge >= 0.3 is 0 Å². The van der Waals surface area contributed by atoms with E-state index in [0.29, 0.717) is 23.6 Å². The van der Waals surface area contributed by atoms with Crippen molar-refractivity contribution in [3.63, 3.8) is 0 Å². The summed E-state index contributed by atoms with van der Waals surface area (Å²) >= 11 is 7.78. The Balaban J connectivity index is 2.19. The van der Waals surface area contributed by atoms with E-state index in [4.69, 9.17) is 16.3 Å². The summed E-state index contributed by atoms with van der Waals surface area (Å²) in [6.45, 7) is 2.45. The first-order valence-electron chi connectivity index (χ1n) is 5.97. The van der Waals surface area contributed by atoms with Gasteiger partial charge in [-0.05, 0) is 6.92 Å². The first kappa shape index (κ1) is 13.3. The van der Waals surface area contributed by atoms with Crippen LogP contribution in [0, 0.1) is 0 Å². The van der Waals surface area contributed by atoms with Crippen LogP contribution < -0.4 is 4.74 Å². The van der Waals surface area contributed by atoms with Gasteiger partial charge in [0.25, 0.3) is 0 Å². The Kier molecular flexibility index (Phi) is 3.54. The Labute approximate surface area is 124 Å². The number of halogens is 1. The molecule has 0 saturated heterocycles. The van der Waals surface area contributed by atoms with Gasteiger partial charge in [-0.2, -0.15) is 4.98 Å². The second-order valence-corrected chi connectivity index (χ2v) is 5.58. The third kappa shape index (κ3) is 2.23. The lowest BCUT2D eigenvalue weighted by Gasteiger charge is -2.08. The Bertz CT molecular complexity index is 725. The van der Waals surface area contributed by atoms with Crippen LogP contribution >= 0.6 is 22.9 Å². The first-order chi connectivity index (χ1) is 9.70. The molecule has 0 aliphatic carbocycles. The van der Waals surface area contributed by atoms with Crippen LogP contribution in [0.5, 0.6) is 5.88 Å². The molecule has 6 nitrogen and oxygen atoms in total. The van der Waals surface area contributed by atoms with Gasteiger partial charge in [0, 0.05) is 5.38 Å². The zero-order valence-electron chi connectivity index (χ0n) is 10.9. The van der Waals surface area contributed by atoms with Crippen molar-refractivity contribution in [1.29, 1.82) is 0 Å². The van der Waals surface area contributed by atoms with Gasteiger partial charge in [0.15, 0.2) is 11.2 Å². The zero-order chi connectivity index (χ0) is 14.1. The average molecular weight is 310 g/mol. The third-order valence-corrected chi connectivity index (χ3v) is 3.71. The van der Waals surface area contributed by atoms with Gasteiger partial charge in [-0.15, -0.1) is 22.9 Å². The quantitative estimate of drug-likeness (QED) is 0.693. The lowest BCUT2D eigenvalue weighted by Crippen LogP contribution is -2.06. The second-order valence-electron chi connectivity index (χ2n) is 4.21. The van der Waals surface area contributed by atoms with Gasteiger partial charge in [-0.1, -0.05) is 0 Å². The predicted molar refractivity (Wildman–Crippen MR) is 77.4 cm³/mol. The minimum Gasteiger partial charge on any atom is -0.479 e. The molecule has 0 amide bonds. The second kappa shape index (κ2) is 5.34. The fourth-order valence-corrected chi connectivity index (χ4v) is 2.74. The predicted octanol–water partition coefficient (Wildman–Crippen LogP) is 2.64. The highest BCUT2D eigenvalue weighted by atomic mass is 35.5. The molecule has 3 aromatic heterocycles. The number of imidazole rings is 1. The fraction of sp³-hybridized carbons (Fsp3) is 0.333. The highest BCUT2D eigenvalue weighted by Crippen LogP contribution is 2.27. The van der Waals surface area contributed by atoms with Crippen molar-refractivity contribution >= 4 is 34.1 Å². The summed E-state index contributed by atoms with van der Waals surface area (Å²) in [6.07, 6.45) is 1.46. The molecule has 1 unspecified atom stereocenters. The van der Waals surface area contributed by atoms with Crippen molar-refractivity contribution in [3.05, 3.63) is 28.7 Å². The minimum atomic E-state index is -0.243. The Morgan fingerprint density at radius 3 is 2.90 bits per heavy atom. The summed E-state index contributed by atoms with van der Waals surface area (Å²) in [5, 5.41) is 1.75. The lowest BCUT2D eigenvalue weighted by molar-refractivity contribution is 0.401. The van der Waals surface area contributed by atoms with Crippen LogP contribution in [-0.2, 0) is 6.54 Å². The zero-order valence-corrected chi connectivity index (χ0v) is 12.5. The molecule has 0 saturated carbocycles. The molecule has 8 heteroatoms. The van der Waals surface area contributed by atoms with Gasteiger partial charge < -0.3 is 9.30 Å². The number of hydrogen-bond acceptors (Lipinski definition) is 6. The maximum atomic E-state index is 6.23. The topological polar surface area (TPSA) is 65.7 Å². The fourth-order valence-electron chi connectivity index (χ4n) is 2.02. The van der Waals surface area contributed by atoms with E-state index in [2.05, 4.69) is 19.9 Å². The minimum absolute atomic E-state index is 0.243. The molecule has 0 N–H and O–H groups in total. The number of methoxy groups -OCH3 is 1.